The minimum Gasteiger partial charge on any atom is -0.495 e. The Balaban J connectivity index is 2.06. The molecule has 3 aromatic carbocycles. The molecule has 8 nitrogen and oxygen atoms in total. The quantitative estimate of drug-likeness (QED) is 0.314. The van der Waals surface area contributed by atoms with Gasteiger partial charge in [-0.25, -0.2) is 8.42 Å². The molecule has 11 heteroatoms. The second-order valence-electron chi connectivity index (χ2n) is 8.72. The first-order valence-electron chi connectivity index (χ1n) is 12.3. The summed E-state index contributed by atoms with van der Waals surface area (Å²) in [6.45, 7) is 3.31. The zero-order chi connectivity index (χ0) is 28.6. The minimum absolute atomic E-state index is 0.00439. The van der Waals surface area contributed by atoms with Gasteiger partial charge < -0.3 is 15.0 Å². The lowest BCUT2D eigenvalue weighted by Crippen LogP contribution is -2.51. The van der Waals surface area contributed by atoms with Gasteiger partial charge in [-0.15, -0.1) is 0 Å². The summed E-state index contributed by atoms with van der Waals surface area (Å²) >= 11 is 12.4. The Labute approximate surface area is 239 Å². The van der Waals surface area contributed by atoms with E-state index in [2.05, 4.69) is 5.32 Å². The van der Waals surface area contributed by atoms with Gasteiger partial charge in [0, 0.05) is 23.1 Å². The number of hydrogen-bond donors (Lipinski definition) is 1. The molecule has 0 radical (unpaired) electrons. The van der Waals surface area contributed by atoms with Gasteiger partial charge in [-0.2, -0.15) is 0 Å². The van der Waals surface area contributed by atoms with Crippen molar-refractivity contribution in [2.75, 3.05) is 24.5 Å². The molecule has 0 aromatic heterocycles. The molecule has 0 fully saturated rings. The van der Waals surface area contributed by atoms with Gasteiger partial charge in [-0.3, -0.25) is 13.9 Å². The van der Waals surface area contributed by atoms with Gasteiger partial charge in [0.2, 0.25) is 11.8 Å². The number of nitrogens with zero attached hydrogens (tertiary/aromatic N) is 2. The van der Waals surface area contributed by atoms with Gasteiger partial charge in [-0.05, 0) is 55.3 Å². The lowest BCUT2D eigenvalue weighted by atomic mass is 10.1. The summed E-state index contributed by atoms with van der Waals surface area (Å²) < 4.78 is 34.1. The molecule has 208 valence electrons. The fraction of sp³-hybridized carbons (Fsp3) is 0.286. The van der Waals surface area contributed by atoms with Crippen LogP contribution in [0, 0.1) is 0 Å². The molecule has 0 bridgehead atoms. The van der Waals surface area contributed by atoms with Gasteiger partial charge in [0.1, 0.15) is 18.3 Å². The fourth-order valence-corrected chi connectivity index (χ4v) is 5.79. The number of nitrogens with one attached hydrogen (secondary N) is 1. The van der Waals surface area contributed by atoms with E-state index >= 15 is 0 Å². The highest BCUT2D eigenvalue weighted by Crippen LogP contribution is 2.32. The lowest BCUT2D eigenvalue weighted by molar-refractivity contribution is -0.139. The topological polar surface area (TPSA) is 96.0 Å². The monoisotopic (exact) mass is 591 g/mol. The number of carbonyl (C=O) groups is 2. The number of rotatable bonds is 12. The summed E-state index contributed by atoms with van der Waals surface area (Å²) in [7, 11) is -2.78. The standard InChI is InChI=1S/C28H31Cl2N3O5S/c1-4-16-31-28(35)20(2)32(18-21-14-15-22(29)17-24(21)30)27(34)19-33(25-12-8-9-13-26(25)38-3)39(36,37)23-10-6-5-7-11-23/h5-15,17,20H,4,16,18-19H2,1-3H3,(H,31,35)/t20-/m1/s1. The molecule has 3 rings (SSSR count). The number of carbonyl (C=O) groups excluding carboxylic acids is 2. The molecule has 2 amide bonds. The average Bonchev–Trinajstić information content (AvgIpc) is 2.94. The first kappa shape index (κ1) is 30.3. The predicted molar refractivity (Wildman–Crippen MR) is 154 cm³/mol. The van der Waals surface area contributed by atoms with Crippen LogP contribution >= 0.6 is 23.2 Å². The average molecular weight is 593 g/mol. The molecule has 3 aromatic rings. The maximum Gasteiger partial charge on any atom is 0.264 e. The van der Waals surface area contributed by atoms with Crippen LogP contribution in [0.4, 0.5) is 5.69 Å². The van der Waals surface area contributed by atoms with E-state index in [1.54, 1.807) is 67.6 Å². The molecule has 0 aliphatic rings. The molecular formula is C28H31Cl2N3O5S. The van der Waals surface area contributed by atoms with Crippen molar-refractivity contribution in [1.82, 2.24) is 10.2 Å². The molecule has 0 aliphatic carbocycles. The molecule has 0 saturated heterocycles. The van der Waals surface area contributed by atoms with E-state index in [1.165, 1.54) is 24.1 Å². The highest BCUT2D eigenvalue weighted by molar-refractivity contribution is 7.92. The molecule has 0 unspecified atom stereocenters. The summed E-state index contributed by atoms with van der Waals surface area (Å²) in [5.41, 5.74) is 0.740. The second kappa shape index (κ2) is 13.7. The van der Waals surface area contributed by atoms with Gasteiger partial charge >= 0.3 is 0 Å². The largest absolute Gasteiger partial charge is 0.495 e. The van der Waals surface area contributed by atoms with Crippen LogP contribution in [-0.2, 0) is 26.2 Å². The van der Waals surface area contributed by atoms with Gasteiger partial charge in [0.15, 0.2) is 0 Å². The Hall–Kier alpha value is -3.27. The number of halogens is 2. The van der Waals surface area contributed by atoms with Crippen molar-refractivity contribution >= 4 is 50.7 Å². The molecular weight excluding hydrogens is 561 g/mol. The van der Waals surface area contributed by atoms with E-state index in [0.29, 0.717) is 28.6 Å². The zero-order valence-corrected chi connectivity index (χ0v) is 24.3. The number of methoxy groups -OCH3 is 1. The number of benzene rings is 3. The molecule has 39 heavy (non-hydrogen) atoms. The predicted octanol–water partition coefficient (Wildman–Crippen LogP) is 5.14. The number of para-hydroxylation sites is 2. The summed E-state index contributed by atoms with van der Waals surface area (Å²) in [5.74, 6) is -0.707. The third kappa shape index (κ3) is 7.44. The van der Waals surface area contributed by atoms with Crippen molar-refractivity contribution in [3.05, 3.63) is 88.4 Å². The van der Waals surface area contributed by atoms with Crippen LogP contribution in [0.2, 0.25) is 10.0 Å². The van der Waals surface area contributed by atoms with Crippen molar-refractivity contribution in [3.8, 4) is 5.75 Å². The first-order chi connectivity index (χ1) is 18.6. The first-order valence-corrected chi connectivity index (χ1v) is 14.5. The third-order valence-corrected chi connectivity index (χ3v) is 8.40. The Morgan fingerprint density at radius 3 is 2.31 bits per heavy atom. The van der Waals surface area contributed by atoms with E-state index in [0.717, 1.165) is 4.31 Å². The van der Waals surface area contributed by atoms with E-state index < -0.39 is 28.5 Å². The Morgan fingerprint density at radius 2 is 1.67 bits per heavy atom. The molecule has 0 saturated carbocycles. The van der Waals surface area contributed by atoms with Crippen molar-refractivity contribution in [2.45, 2.75) is 37.8 Å². The van der Waals surface area contributed by atoms with E-state index in [-0.39, 0.29) is 28.8 Å². The van der Waals surface area contributed by atoms with E-state index in [4.69, 9.17) is 27.9 Å². The Kier molecular flexibility index (Phi) is 10.6. The summed E-state index contributed by atoms with van der Waals surface area (Å²) in [6.07, 6.45) is 0.715. The maximum atomic E-state index is 13.9. The van der Waals surface area contributed by atoms with Crippen LogP contribution in [0.1, 0.15) is 25.8 Å². The zero-order valence-electron chi connectivity index (χ0n) is 21.9. The van der Waals surface area contributed by atoms with Crippen LogP contribution in [0.5, 0.6) is 5.75 Å². The number of ether oxygens (including phenoxy) is 1. The maximum absolute atomic E-state index is 13.9. The number of sulfonamides is 1. The van der Waals surface area contributed by atoms with Crippen molar-refractivity contribution < 1.29 is 22.7 Å². The molecule has 0 aliphatic heterocycles. The van der Waals surface area contributed by atoms with Crippen LogP contribution in [0.15, 0.2) is 77.7 Å². The van der Waals surface area contributed by atoms with Gasteiger partial charge in [-0.1, -0.05) is 66.5 Å². The van der Waals surface area contributed by atoms with Gasteiger partial charge in [0.25, 0.3) is 10.0 Å². The summed E-state index contributed by atoms with van der Waals surface area (Å²) in [4.78, 5) is 28.2. The highest BCUT2D eigenvalue weighted by atomic mass is 35.5. The smallest absolute Gasteiger partial charge is 0.264 e. The highest BCUT2D eigenvalue weighted by Gasteiger charge is 2.33. The van der Waals surface area contributed by atoms with Crippen LogP contribution in [-0.4, -0.2) is 51.4 Å². The Morgan fingerprint density at radius 1 is 1.00 bits per heavy atom. The molecule has 1 atom stereocenters. The SMILES string of the molecule is CCCNC(=O)[C@@H](C)N(Cc1ccc(Cl)cc1Cl)C(=O)CN(c1ccccc1OC)S(=O)(=O)c1ccccc1. The normalized spacial score (nSPS) is 11.9. The van der Waals surface area contributed by atoms with Crippen molar-refractivity contribution in [1.29, 1.82) is 0 Å². The Bertz CT molecular complexity index is 1400. The van der Waals surface area contributed by atoms with E-state index in [1.807, 2.05) is 6.92 Å². The summed E-state index contributed by atoms with van der Waals surface area (Å²) in [5, 5.41) is 3.54. The molecule has 1 N–H and O–H groups in total. The molecule has 0 heterocycles. The number of anilines is 1. The van der Waals surface area contributed by atoms with Crippen molar-refractivity contribution in [3.63, 3.8) is 0 Å². The van der Waals surface area contributed by atoms with Crippen LogP contribution in [0.3, 0.4) is 0 Å². The third-order valence-electron chi connectivity index (χ3n) is 6.04. The minimum atomic E-state index is -4.20. The number of amides is 2. The van der Waals surface area contributed by atoms with Crippen LogP contribution in [0.25, 0.3) is 0 Å². The fourth-order valence-electron chi connectivity index (χ4n) is 3.88. The second-order valence-corrected chi connectivity index (χ2v) is 11.4. The van der Waals surface area contributed by atoms with Crippen molar-refractivity contribution in [2.24, 2.45) is 0 Å². The van der Waals surface area contributed by atoms with Crippen LogP contribution < -0.4 is 14.4 Å². The van der Waals surface area contributed by atoms with E-state index in [9.17, 15) is 18.0 Å². The summed E-state index contributed by atoms with van der Waals surface area (Å²) in [6, 6.07) is 18.3. The number of hydrogen-bond acceptors (Lipinski definition) is 5. The van der Waals surface area contributed by atoms with Gasteiger partial charge in [0.05, 0.1) is 17.7 Å². The molecule has 0 spiro atoms. The lowest BCUT2D eigenvalue weighted by Gasteiger charge is -2.32.